The van der Waals surface area contributed by atoms with Crippen molar-refractivity contribution < 1.29 is 18.7 Å². The van der Waals surface area contributed by atoms with E-state index < -0.39 is 12.0 Å². The number of rotatable bonds is 7. The molecule has 0 unspecified atom stereocenters. The lowest BCUT2D eigenvalue weighted by atomic mass is 9.95. The van der Waals surface area contributed by atoms with Gasteiger partial charge in [0.1, 0.15) is 17.6 Å². The molecule has 5 rings (SSSR count). The molecule has 0 aliphatic carbocycles. The molecule has 0 amide bonds. The Balaban J connectivity index is 1.61. The summed E-state index contributed by atoms with van der Waals surface area (Å²) in [5.74, 6) is 0.483. The number of hydrogen-bond donors (Lipinski definition) is 0. The Morgan fingerprint density at radius 1 is 1.15 bits per heavy atom. The van der Waals surface area contributed by atoms with Crippen molar-refractivity contribution in [2.24, 2.45) is 4.99 Å². The van der Waals surface area contributed by atoms with E-state index in [0.717, 1.165) is 15.9 Å². The number of esters is 1. The summed E-state index contributed by atoms with van der Waals surface area (Å²) >= 11 is 6.05. The van der Waals surface area contributed by atoms with Gasteiger partial charge >= 0.3 is 5.97 Å². The predicted octanol–water partition coefficient (Wildman–Crippen LogP) is 5.11. The van der Waals surface area contributed by atoms with Crippen LogP contribution in [0, 0.1) is 13.8 Å². The van der Waals surface area contributed by atoms with E-state index in [1.165, 1.54) is 27.7 Å². The first kappa shape index (κ1) is 29.0. The third-order valence-corrected chi connectivity index (χ3v) is 8.36. The average molecular weight is 656 g/mol. The standard InChI is InChI=1S/C29H27BrN4O5S2/c1-14(2)38-27(36)24-17(5)33-29-34(25(24)20-12-18(30)7-9-21(20)37-6)26(35)22(40-29)13-19-8-10-23(39-19)41-28-31-15(3)11-16(4)32-28/h7-14,25H,1-6H3/b22-13-/t25-/m0/s1. The Bertz CT molecular complexity index is 1850. The molecular formula is C29H27BrN4O5S2. The molecule has 1 aliphatic heterocycles. The largest absolute Gasteiger partial charge is 0.496 e. The summed E-state index contributed by atoms with van der Waals surface area (Å²) in [6.45, 7) is 9.13. The quantitative estimate of drug-likeness (QED) is 0.200. The number of halogens is 1. The topological polar surface area (TPSA) is 109 Å². The van der Waals surface area contributed by atoms with Crippen molar-refractivity contribution in [2.45, 2.75) is 57.0 Å². The number of aryl methyl sites for hydroxylation is 2. The first-order chi connectivity index (χ1) is 19.5. The number of ether oxygens (including phenoxy) is 2. The Kier molecular flexibility index (Phi) is 8.35. The monoisotopic (exact) mass is 654 g/mol. The molecule has 0 radical (unpaired) electrons. The van der Waals surface area contributed by atoms with Crippen LogP contribution in [0.25, 0.3) is 6.08 Å². The van der Waals surface area contributed by atoms with E-state index in [1.807, 2.05) is 38.1 Å². The highest BCUT2D eigenvalue weighted by Gasteiger charge is 2.35. The fraction of sp³-hybridized carbons (Fsp3) is 0.276. The van der Waals surface area contributed by atoms with Crippen molar-refractivity contribution in [3.05, 3.63) is 94.5 Å². The fourth-order valence-electron chi connectivity index (χ4n) is 4.50. The summed E-state index contributed by atoms with van der Waals surface area (Å²) in [6, 6.07) is 10.2. The minimum Gasteiger partial charge on any atom is -0.496 e. The first-order valence-electron chi connectivity index (χ1n) is 12.7. The van der Waals surface area contributed by atoms with E-state index in [1.54, 1.807) is 46.1 Å². The number of methoxy groups -OCH3 is 1. The van der Waals surface area contributed by atoms with Gasteiger partial charge in [-0.15, -0.1) is 0 Å². The smallest absolute Gasteiger partial charge is 0.338 e. The van der Waals surface area contributed by atoms with Gasteiger partial charge in [0.25, 0.3) is 5.56 Å². The number of thiazole rings is 1. The third kappa shape index (κ3) is 6.09. The lowest BCUT2D eigenvalue weighted by Gasteiger charge is -2.26. The maximum Gasteiger partial charge on any atom is 0.338 e. The predicted molar refractivity (Wildman–Crippen MR) is 160 cm³/mol. The van der Waals surface area contributed by atoms with E-state index in [-0.39, 0.29) is 17.2 Å². The molecule has 4 aromatic rings. The van der Waals surface area contributed by atoms with E-state index in [9.17, 15) is 9.59 Å². The lowest BCUT2D eigenvalue weighted by molar-refractivity contribution is -0.143. The molecule has 0 saturated carbocycles. The summed E-state index contributed by atoms with van der Waals surface area (Å²) in [5, 5.41) is 1.18. The van der Waals surface area contributed by atoms with Crippen LogP contribution in [0.5, 0.6) is 5.75 Å². The van der Waals surface area contributed by atoms with Crippen LogP contribution < -0.4 is 19.6 Å². The molecule has 12 heteroatoms. The van der Waals surface area contributed by atoms with Gasteiger partial charge in [-0.3, -0.25) is 9.36 Å². The Hall–Kier alpha value is -3.48. The minimum absolute atomic E-state index is 0.277. The van der Waals surface area contributed by atoms with Crippen molar-refractivity contribution in [3.63, 3.8) is 0 Å². The van der Waals surface area contributed by atoms with Crippen LogP contribution in [-0.4, -0.2) is 33.7 Å². The maximum atomic E-state index is 13.9. The summed E-state index contributed by atoms with van der Waals surface area (Å²) in [7, 11) is 1.55. The number of carbonyl (C=O) groups is 1. The highest BCUT2D eigenvalue weighted by Crippen LogP contribution is 2.37. The van der Waals surface area contributed by atoms with Crippen LogP contribution in [0.3, 0.4) is 0 Å². The summed E-state index contributed by atoms with van der Waals surface area (Å²) in [4.78, 5) is 41.3. The van der Waals surface area contributed by atoms with Gasteiger partial charge in [-0.2, -0.15) is 0 Å². The highest BCUT2D eigenvalue weighted by atomic mass is 79.9. The Labute approximate surface area is 252 Å². The molecule has 4 heterocycles. The van der Waals surface area contributed by atoms with Gasteiger partial charge in [-0.05, 0) is 82.8 Å². The molecule has 1 atom stereocenters. The number of allylic oxidation sites excluding steroid dienone is 1. The zero-order valence-corrected chi connectivity index (χ0v) is 26.4. The number of hydrogen-bond acceptors (Lipinski definition) is 10. The van der Waals surface area contributed by atoms with E-state index in [4.69, 9.17) is 13.9 Å². The second kappa shape index (κ2) is 11.8. The molecule has 9 nitrogen and oxygen atoms in total. The summed E-state index contributed by atoms with van der Waals surface area (Å²) in [5.41, 5.74) is 2.81. The van der Waals surface area contributed by atoms with Crippen LogP contribution >= 0.6 is 39.0 Å². The van der Waals surface area contributed by atoms with Gasteiger partial charge in [0.2, 0.25) is 0 Å². The fourth-order valence-corrected chi connectivity index (χ4v) is 6.74. The number of furan rings is 1. The number of fused-ring (bicyclic) bond motifs is 1. The van der Waals surface area contributed by atoms with Gasteiger partial charge in [0, 0.05) is 27.5 Å². The number of benzene rings is 1. The lowest BCUT2D eigenvalue weighted by Crippen LogP contribution is -2.40. The number of nitrogens with zero attached hydrogens (tertiary/aromatic N) is 4. The van der Waals surface area contributed by atoms with Gasteiger partial charge < -0.3 is 13.9 Å². The normalized spacial score (nSPS) is 15.2. The van der Waals surface area contributed by atoms with Gasteiger partial charge in [-0.1, -0.05) is 27.3 Å². The van der Waals surface area contributed by atoms with Gasteiger partial charge in [-0.25, -0.2) is 19.8 Å². The maximum absolute atomic E-state index is 13.9. The van der Waals surface area contributed by atoms with E-state index in [2.05, 4.69) is 30.9 Å². The van der Waals surface area contributed by atoms with E-state index in [0.29, 0.717) is 42.4 Å². The second-order valence-corrected chi connectivity index (χ2v) is 12.5. The zero-order chi connectivity index (χ0) is 29.4. The van der Waals surface area contributed by atoms with Crippen LogP contribution in [0.4, 0.5) is 0 Å². The van der Waals surface area contributed by atoms with Crippen LogP contribution in [0.1, 0.15) is 49.5 Å². The SMILES string of the molecule is COc1ccc(Br)cc1[C@H]1C(C(=O)OC(C)C)=C(C)N=c2s/c(=C\c3ccc(Sc4nc(C)cc(C)n4)o3)c(=O)n21. The molecule has 3 aromatic heterocycles. The molecule has 212 valence electrons. The molecule has 0 fully saturated rings. The van der Waals surface area contributed by atoms with Crippen molar-refractivity contribution in [1.29, 1.82) is 0 Å². The summed E-state index contributed by atoms with van der Waals surface area (Å²) < 4.78 is 19.9. The Morgan fingerprint density at radius 3 is 2.56 bits per heavy atom. The van der Waals surface area contributed by atoms with Crippen molar-refractivity contribution in [2.75, 3.05) is 7.11 Å². The van der Waals surface area contributed by atoms with Crippen LogP contribution in [0.2, 0.25) is 0 Å². The molecule has 0 bridgehead atoms. The van der Waals surface area contributed by atoms with Gasteiger partial charge in [0.15, 0.2) is 15.1 Å². The van der Waals surface area contributed by atoms with E-state index >= 15 is 0 Å². The highest BCUT2D eigenvalue weighted by molar-refractivity contribution is 9.10. The molecule has 41 heavy (non-hydrogen) atoms. The van der Waals surface area contributed by atoms with Crippen molar-refractivity contribution in [1.82, 2.24) is 14.5 Å². The average Bonchev–Trinajstić information content (AvgIpc) is 3.45. The van der Waals surface area contributed by atoms with Crippen LogP contribution in [0.15, 0.2) is 76.6 Å². The number of aromatic nitrogens is 3. The third-order valence-electron chi connectivity index (χ3n) is 6.10. The molecule has 1 aromatic carbocycles. The zero-order valence-electron chi connectivity index (χ0n) is 23.2. The molecule has 0 saturated heterocycles. The minimum atomic E-state index is -0.809. The second-order valence-electron chi connectivity index (χ2n) is 9.61. The summed E-state index contributed by atoms with van der Waals surface area (Å²) in [6.07, 6.45) is 1.33. The Morgan fingerprint density at radius 2 is 1.88 bits per heavy atom. The molecule has 0 N–H and O–H groups in total. The van der Waals surface area contributed by atoms with Gasteiger partial charge in [0.05, 0.1) is 29.0 Å². The van der Waals surface area contributed by atoms with Crippen LogP contribution in [-0.2, 0) is 9.53 Å². The first-order valence-corrected chi connectivity index (χ1v) is 15.1. The van der Waals surface area contributed by atoms with Crippen molar-refractivity contribution in [3.8, 4) is 5.75 Å². The molecule has 1 aliphatic rings. The number of carbonyl (C=O) groups excluding carboxylic acids is 1. The van der Waals surface area contributed by atoms with Crippen molar-refractivity contribution >= 4 is 51.1 Å². The molecular weight excluding hydrogens is 628 g/mol. The molecule has 0 spiro atoms.